The minimum Gasteiger partial charge on any atom is -0.494 e. The van der Waals surface area contributed by atoms with Crippen molar-refractivity contribution >= 4 is 11.3 Å². The van der Waals surface area contributed by atoms with Crippen molar-refractivity contribution in [1.29, 1.82) is 0 Å². The normalized spacial score (nSPS) is 12.3. The number of nitrogens with two attached hydrogens (primary N) is 1. The molecule has 0 aliphatic carbocycles. The van der Waals surface area contributed by atoms with Crippen molar-refractivity contribution in [3.8, 4) is 5.75 Å². The molecule has 2 aromatic rings. The second-order valence-electron chi connectivity index (χ2n) is 5.31. The highest BCUT2D eigenvalue weighted by Crippen LogP contribution is 2.25. The maximum Gasteiger partial charge on any atom is 0.119 e. The Kier molecular flexibility index (Phi) is 6.21. The lowest BCUT2D eigenvalue weighted by atomic mass is 10.00. The number of nitrogens with zero attached hydrogens (tertiary/aromatic N) is 1. The molecule has 0 radical (unpaired) electrons. The number of hydrogen-bond donors (Lipinski definition) is 1. The summed E-state index contributed by atoms with van der Waals surface area (Å²) in [6, 6.07) is 8.33. The summed E-state index contributed by atoms with van der Waals surface area (Å²) in [5, 5.41) is 3.22. The van der Waals surface area contributed by atoms with Gasteiger partial charge in [-0.15, -0.1) is 11.3 Å². The highest BCUT2D eigenvalue weighted by atomic mass is 32.1. The summed E-state index contributed by atoms with van der Waals surface area (Å²) in [6.45, 7) is 5.59. The van der Waals surface area contributed by atoms with Gasteiger partial charge in [-0.1, -0.05) is 25.5 Å². The van der Waals surface area contributed by atoms with Gasteiger partial charge >= 0.3 is 0 Å². The molecule has 0 saturated heterocycles. The highest BCUT2D eigenvalue weighted by Gasteiger charge is 2.14. The second kappa shape index (κ2) is 8.15. The van der Waals surface area contributed by atoms with Crippen molar-refractivity contribution in [3.05, 3.63) is 45.9 Å². The quantitative estimate of drug-likeness (QED) is 0.752. The summed E-state index contributed by atoms with van der Waals surface area (Å²) < 4.78 is 5.77. The smallest absolute Gasteiger partial charge is 0.119 e. The molecule has 4 heteroatoms. The van der Waals surface area contributed by atoms with Crippen LogP contribution in [0.3, 0.4) is 0 Å². The predicted molar refractivity (Wildman–Crippen MR) is 89.2 cm³/mol. The van der Waals surface area contributed by atoms with E-state index in [1.165, 1.54) is 5.56 Å². The van der Waals surface area contributed by atoms with Gasteiger partial charge in [0.2, 0.25) is 0 Å². The number of benzene rings is 1. The van der Waals surface area contributed by atoms with Crippen molar-refractivity contribution in [1.82, 2.24) is 4.98 Å². The Balaban J connectivity index is 2.02. The Labute approximate surface area is 131 Å². The van der Waals surface area contributed by atoms with Gasteiger partial charge in [-0.2, -0.15) is 0 Å². The summed E-state index contributed by atoms with van der Waals surface area (Å²) in [5.74, 6) is 1.24. The van der Waals surface area contributed by atoms with Gasteiger partial charge in [-0.25, -0.2) is 4.98 Å². The van der Waals surface area contributed by atoms with Gasteiger partial charge < -0.3 is 10.5 Å². The van der Waals surface area contributed by atoms with Crippen LogP contribution in [0.2, 0.25) is 0 Å². The van der Waals surface area contributed by atoms with Crippen molar-refractivity contribution in [2.24, 2.45) is 5.73 Å². The van der Waals surface area contributed by atoms with Crippen LogP contribution in [0, 0.1) is 6.92 Å². The minimum atomic E-state index is 0.287. The highest BCUT2D eigenvalue weighted by molar-refractivity contribution is 7.09. The Bertz CT molecular complexity index is 553. The third kappa shape index (κ3) is 4.83. The van der Waals surface area contributed by atoms with Gasteiger partial charge in [-0.05, 0) is 37.5 Å². The van der Waals surface area contributed by atoms with Crippen LogP contribution in [0.15, 0.2) is 29.6 Å². The van der Waals surface area contributed by atoms with Crippen LogP contribution in [0.4, 0.5) is 0 Å². The van der Waals surface area contributed by atoms with Gasteiger partial charge in [0.25, 0.3) is 0 Å². The van der Waals surface area contributed by atoms with Gasteiger partial charge in [-0.3, -0.25) is 0 Å². The molecule has 1 unspecified atom stereocenters. The molecule has 0 aliphatic heterocycles. The fourth-order valence-electron chi connectivity index (χ4n) is 2.21. The van der Waals surface area contributed by atoms with Crippen molar-refractivity contribution < 1.29 is 4.74 Å². The molecule has 2 N–H and O–H groups in total. The van der Waals surface area contributed by atoms with E-state index in [4.69, 9.17) is 10.5 Å². The Morgan fingerprint density at radius 3 is 2.90 bits per heavy atom. The van der Waals surface area contributed by atoms with Crippen molar-refractivity contribution in [2.75, 3.05) is 13.2 Å². The molecule has 21 heavy (non-hydrogen) atoms. The van der Waals surface area contributed by atoms with Gasteiger partial charge in [0, 0.05) is 23.5 Å². The van der Waals surface area contributed by atoms with Crippen molar-refractivity contribution in [3.63, 3.8) is 0 Å². The van der Waals surface area contributed by atoms with Gasteiger partial charge in [0.15, 0.2) is 0 Å². The maximum atomic E-state index is 5.93. The SMILES string of the molecule is CCCCOc1cccc(CC(CN)c2nc(C)cs2)c1. The molecule has 3 nitrogen and oxygen atoms in total. The number of ether oxygens (including phenoxy) is 1. The Hall–Kier alpha value is -1.39. The van der Waals surface area contributed by atoms with E-state index in [-0.39, 0.29) is 5.92 Å². The van der Waals surface area contributed by atoms with E-state index in [1.54, 1.807) is 11.3 Å². The number of hydrogen-bond acceptors (Lipinski definition) is 4. The van der Waals surface area contributed by atoms with E-state index in [0.717, 1.165) is 42.3 Å². The van der Waals surface area contributed by atoms with E-state index >= 15 is 0 Å². The molecule has 0 fully saturated rings. The van der Waals surface area contributed by atoms with Crippen LogP contribution < -0.4 is 10.5 Å². The zero-order valence-electron chi connectivity index (χ0n) is 12.8. The summed E-state index contributed by atoms with van der Waals surface area (Å²) in [7, 11) is 0. The van der Waals surface area contributed by atoms with E-state index in [0.29, 0.717) is 6.54 Å². The van der Waals surface area contributed by atoms with E-state index in [9.17, 15) is 0 Å². The number of aromatic nitrogens is 1. The fourth-order valence-corrected chi connectivity index (χ4v) is 3.12. The first-order valence-electron chi connectivity index (χ1n) is 7.56. The van der Waals surface area contributed by atoms with Crippen LogP contribution in [-0.2, 0) is 6.42 Å². The molecule has 1 aromatic carbocycles. The monoisotopic (exact) mass is 304 g/mol. The minimum absolute atomic E-state index is 0.287. The molecule has 0 amide bonds. The Morgan fingerprint density at radius 1 is 1.38 bits per heavy atom. The van der Waals surface area contributed by atoms with E-state index in [1.807, 2.05) is 13.0 Å². The zero-order valence-corrected chi connectivity index (χ0v) is 13.7. The summed E-state index contributed by atoms with van der Waals surface area (Å²) >= 11 is 1.70. The molecule has 114 valence electrons. The molecule has 0 aliphatic rings. The van der Waals surface area contributed by atoms with Crippen LogP contribution in [0.5, 0.6) is 5.75 Å². The largest absolute Gasteiger partial charge is 0.494 e. The standard InChI is InChI=1S/C17H24N2OS/c1-3-4-8-20-16-7-5-6-14(10-16)9-15(11-18)17-19-13(2)12-21-17/h5-7,10,12,15H,3-4,8-9,11,18H2,1-2H3. The van der Waals surface area contributed by atoms with E-state index in [2.05, 4.69) is 35.5 Å². The second-order valence-corrected chi connectivity index (χ2v) is 6.20. The lowest BCUT2D eigenvalue weighted by Crippen LogP contribution is -2.15. The molecule has 0 saturated carbocycles. The first kappa shape index (κ1) is 16.0. The lowest BCUT2D eigenvalue weighted by molar-refractivity contribution is 0.309. The third-order valence-electron chi connectivity index (χ3n) is 3.42. The molecule has 1 heterocycles. The molecule has 0 bridgehead atoms. The lowest BCUT2D eigenvalue weighted by Gasteiger charge is -2.13. The first-order valence-corrected chi connectivity index (χ1v) is 8.44. The zero-order chi connectivity index (χ0) is 15.1. The van der Waals surface area contributed by atoms with Crippen LogP contribution >= 0.6 is 11.3 Å². The number of thiazole rings is 1. The number of aryl methyl sites for hydroxylation is 1. The average Bonchev–Trinajstić information content (AvgIpc) is 2.92. The average molecular weight is 304 g/mol. The summed E-state index contributed by atoms with van der Waals surface area (Å²) in [4.78, 5) is 4.57. The molecular formula is C17H24N2OS. The summed E-state index contributed by atoms with van der Waals surface area (Å²) in [5.41, 5.74) is 8.26. The molecule has 1 aromatic heterocycles. The number of unbranched alkanes of at least 4 members (excludes halogenated alkanes) is 1. The predicted octanol–water partition coefficient (Wildman–Crippen LogP) is 3.92. The van der Waals surface area contributed by atoms with E-state index < -0.39 is 0 Å². The van der Waals surface area contributed by atoms with Crippen molar-refractivity contribution in [2.45, 2.75) is 39.0 Å². The summed E-state index contributed by atoms with van der Waals surface area (Å²) in [6.07, 6.45) is 3.15. The first-order chi connectivity index (χ1) is 10.2. The third-order valence-corrected chi connectivity index (χ3v) is 4.54. The van der Waals surface area contributed by atoms with Gasteiger partial charge in [0.05, 0.1) is 11.6 Å². The molecular weight excluding hydrogens is 280 g/mol. The van der Waals surface area contributed by atoms with Crippen LogP contribution in [0.25, 0.3) is 0 Å². The number of rotatable bonds is 8. The topological polar surface area (TPSA) is 48.1 Å². The fraction of sp³-hybridized carbons (Fsp3) is 0.471. The molecule has 0 spiro atoms. The Morgan fingerprint density at radius 2 is 2.24 bits per heavy atom. The maximum absolute atomic E-state index is 5.93. The molecule has 2 rings (SSSR count). The van der Waals surface area contributed by atoms with Gasteiger partial charge in [0.1, 0.15) is 5.75 Å². The molecule has 1 atom stereocenters. The van der Waals surface area contributed by atoms with Crippen LogP contribution in [0.1, 0.15) is 41.9 Å². The van der Waals surface area contributed by atoms with Crippen LogP contribution in [-0.4, -0.2) is 18.1 Å².